The molecule has 21 heavy (non-hydrogen) atoms. The molecule has 3 nitrogen and oxygen atoms in total. The van der Waals surface area contributed by atoms with E-state index in [0.717, 1.165) is 35.3 Å². The van der Waals surface area contributed by atoms with Crippen molar-refractivity contribution in [3.63, 3.8) is 0 Å². The fourth-order valence-corrected chi connectivity index (χ4v) is 2.58. The molecule has 1 heterocycles. The van der Waals surface area contributed by atoms with Gasteiger partial charge in [-0.15, -0.1) is 0 Å². The number of aryl methyl sites for hydroxylation is 1. The first kappa shape index (κ1) is 13.6. The monoisotopic (exact) mass is 278 g/mol. The molecule has 0 saturated heterocycles. The molecule has 3 rings (SSSR count). The Hall–Kier alpha value is -2.42. The molecule has 0 amide bonds. The van der Waals surface area contributed by atoms with E-state index in [1.54, 1.807) is 0 Å². The second-order valence-corrected chi connectivity index (χ2v) is 5.14. The van der Waals surface area contributed by atoms with Gasteiger partial charge in [0.1, 0.15) is 5.82 Å². The second-order valence-electron chi connectivity index (χ2n) is 5.14. The van der Waals surface area contributed by atoms with Gasteiger partial charge in [0.2, 0.25) is 0 Å². The molecule has 0 bridgehead atoms. The van der Waals surface area contributed by atoms with Crippen LogP contribution >= 0.6 is 0 Å². The summed E-state index contributed by atoms with van der Waals surface area (Å²) in [4.78, 5) is 17.1. The van der Waals surface area contributed by atoms with Crippen LogP contribution < -0.4 is 0 Å². The predicted octanol–water partition coefficient (Wildman–Crippen LogP) is 3.87. The number of imidazole rings is 1. The molecule has 0 fully saturated rings. The highest BCUT2D eigenvalue weighted by Gasteiger charge is 2.13. The summed E-state index contributed by atoms with van der Waals surface area (Å²) in [7, 11) is 0. The smallest absolute Gasteiger partial charge is 0.182 e. The van der Waals surface area contributed by atoms with Crippen molar-refractivity contribution in [1.29, 1.82) is 0 Å². The molecule has 0 unspecified atom stereocenters. The highest BCUT2D eigenvalue weighted by molar-refractivity contribution is 5.96. The summed E-state index contributed by atoms with van der Waals surface area (Å²) in [5.74, 6) is 1.11. The van der Waals surface area contributed by atoms with E-state index in [0.29, 0.717) is 6.54 Å². The first-order valence-corrected chi connectivity index (χ1v) is 7.32. The first-order chi connectivity index (χ1) is 10.3. The van der Waals surface area contributed by atoms with Gasteiger partial charge in [-0.05, 0) is 18.6 Å². The van der Waals surface area contributed by atoms with Gasteiger partial charge in [-0.2, -0.15) is 0 Å². The van der Waals surface area contributed by atoms with Crippen molar-refractivity contribution in [3.8, 4) is 0 Å². The lowest BCUT2D eigenvalue weighted by Crippen LogP contribution is -2.13. The zero-order chi connectivity index (χ0) is 14.7. The van der Waals surface area contributed by atoms with Gasteiger partial charge < -0.3 is 4.57 Å². The summed E-state index contributed by atoms with van der Waals surface area (Å²) in [6.07, 6.45) is 1.90. The van der Waals surface area contributed by atoms with E-state index in [-0.39, 0.29) is 5.78 Å². The number of hydrogen-bond donors (Lipinski definition) is 0. The summed E-state index contributed by atoms with van der Waals surface area (Å²) in [6, 6.07) is 17.4. The van der Waals surface area contributed by atoms with Crippen LogP contribution in [0, 0.1) is 0 Å². The number of hydrogen-bond acceptors (Lipinski definition) is 2. The van der Waals surface area contributed by atoms with E-state index < -0.39 is 0 Å². The van der Waals surface area contributed by atoms with E-state index >= 15 is 0 Å². The minimum atomic E-state index is 0.121. The number of benzene rings is 2. The van der Waals surface area contributed by atoms with Crippen LogP contribution in [0.4, 0.5) is 0 Å². The van der Waals surface area contributed by atoms with Crippen molar-refractivity contribution in [3.05, 3.63) is 66.0 Å². The standard InChI is InChI=1S/C18H18N2O/c1-2-8-18-19-15-11-6-7-12-16(15)20(18)13-17(21)14-9-4-3-5-10-14/h3-7,9-12H,2,8,13H2,1H3. The maximum absolute atomic E-state index is 12.5. The second kappa shape index (κ2) is 5.92. The number of carbonyl (C=O) groups excluding carboxylic acids is 1. The Labute approximate surface area is 124 Å². The number of rotatable bonds is 5. The molecule has 3 heteroatoms. The predicted molar refractivity (Wildman–Crippen MR) is 84.5 cm³/mol. The molecule has 0 radical (unpaired) electrons. The summed E-state index contributed by atoms with van der Waals surface area (Å²) in [6.45, 7) is 2.47. The normalized spacial score (nSPS) is 10.9. The van der Waals surface area contributed by atoms with Gasteiger partial charge in [0, 0.05) is 12.0 Å². The van der Waals surface area contributed by atoms with Crippen molar-refractivity contribution in [2.75, 3.05) is 0 Å². The van der Waals surface area contributed by atoms with Crippen LogP contribution in [0.2, 0.25) is 0 Å². The van der Waals surface area contributed by atoms with Crippen LogP contribution in [-0.4, -0.2) is 15.3 Å². The lowest BCUT2D eigenvalue weighted by atomic mass is 10.1. The molecule has 0 saturated carbocycles. The third-order valence-electron chi connectivity index (χ3n) is 3.60. The number of Topliss-reactive ketones (excluding diaryl/α,β-unsaturated/α-hetero) is 1. The van der Waals surface area contributed by atoms with Crippen LogP contribution in [0.3, 0.4) is 0 Å². The molecular weight excluding hydrogens is 260 g/mol. The van der Waals surface area contributed by atoms with E-state index in [2.05, 4.69) is 11.9 Å². The number of carbonyl (C=O) groups is 1. The first-order valence-electron chi connectivity index (χ1n) is 7.32. The lowest BCUT2D eigenvalue weighted by Gasteiger charge is -2.08. The quantitative estimate of drug-likeness (QED) is 0.664. The van der Waals surface area contributed by atoms with E-state index in [1.807, 2.05) is 59.2 Å². The summed E-state index contributed by atoms with van der Waals surface area (Å²) < 4.78 is 2.05. The van der Waals surface area contributed by atoms with Gasteiger partial charge in [-0.25, -0.2) is 4.98 Å². The maximum Gasteiger partial charge on any atom is 0.182 e. The third kappa shape index (κ3) is 2.72. The number of aromatic nitrogens is 2. The highest BCUT2D eigenvalue weighted by Crippen LogP contribution is 2.18. The summed E-state index contributed by atoms with van der Waals surface area (Å²) in [5.41, 5.74) is 2.74. The van der Waals surface area contributed by atoms with Gasteiger partial charge in [-0.1, -0.05) is 49.4 Å². The van der Waals surface area contributed by atoms with Crippen LogP contribution in [-0.2, 0) is 13.0 Å². The largest absolute Gasteiger partial charge is 0.320 e. The van der Waals surface area contributed by atoms with Crippen LogP contribution in [0.1, 0.15) is 29.5 Å². The maximum atomic E-state index is 12.5. The molecule has 3 aromatic rings. The van der Waals surface area contributed by atoms with Gasteiger partial charge >= 0.3 is 0 Å². The van der Waals surface area contributed by atoms with Gasteiger partial charge in [0.15, 0.2) is 5.78 Å². The van der Waals surface area contributed by atoms with Gasteiger partial charge in [-0.3, -0.25) is 4.79 Å². The number of ketones is 1. The number of nitrogens with zero attached hydrogens (tertiary/aromatic N) is 2. The molecule has 0 aliphatic heterocycles. The lowest BCUT2D eigenvalue weighted by molar-refractivity contribution is 0.0972. The molecule has 0 spiro atoms. The molecule has 0 aliphatic rings. The minimum absolute atomic E-state index is 0.121. The molecule has 2 aromatic carbocycles. The van der Waals surface area contributed by atoms with E-state index in [1.165, 1.54) is 0 Å². The van der Waals surface area contributed by atoms with Gasteiger partial charge in [0.25, 0.3) is 0 Å². The Kier molecular flexibility index (Phi) is 3.82. The zero-order valence-electron chi connectivity index (χ0n) is 12.1. The van der Waals surface area contributed by atoms with Gasteiger partial charge in [0.05, 0.1) is 17.6 Å². The van der Waals surface area contributed by atoms with Crippen molar-refractivity contribution in [1.82, 2.24) is 9.55 Å². The van der Waals surface area contributed by atoms with Crippen molar-refractivity contribution in [2.24, 2.45) is 0 Å². The van der Waals surface area contributed by atoms with Crippen molar-refractivity contribution < 1.29 is 4.79 Å². The van der Waals surface area contributed by atoms with Crippen molar-refractivity contribution in [2.45, 2.75) is 26.3 Å². The average molecular weight is 278 g/mol. The fraction of sp³-hybridized carbons (Fsp3) is 0.222. The Morgan fingerprint density at radius 3 is 2.52 bits per heavy atom. The molecule has 106 valence electrons. The summed E-state index contributed by atoms with van der Waals surface area (Å²) in [5, 5.41) is 0. The molecule has 0 atom stereocenters. The van der Waals surface area contributed by atoms with E-state index in [4.69, 9.17) is 0 Å². The fourth-order valence-electron chi connectivity index (χ4n) is 2.58. The average Bonchev–Trinajstić information content (AvgIpc) is 2.86. The Morgan fingerprint density at radius 2 is 1.76 bits per heavy atom. The van der Waals surface area contributed by atoms with E-state index in [9.17, 15) is 4.79 Å². The van der Waals surface area contributed by atoms with Crippen molar-refractivity contribution >= 4 is 16.8 Å². The third-order valence-corrected chi connectivity index (χ3v) is 3.60. The van der Waals surface area contributed by atoms with Crippen LogP contribution in [0.25, 0.3) is 11.0 Å². The Morgan fingerprint density at radius 1 is 1.05 bits per heavy atom. The Balaban J connectivity index is 1.99. The highest BCUT2D eigenvalue weighted by atomic mass is 16.1. The molecular formula is C18H18N2O. The zero-order valence-corrected chi connectivity index (χ0v) is 12.1. The molecule has 0 aliphatic carbocycles. The minimum Gasteiger partial charge on any atom is -0.320 e. The van der Waals surface area contributed by atoms with Crippen LogP contribution in [0.5, 0.6) is 0 Å². The number of fused-ring (bicyclic) bond motifs is 1. The van der Waals surface area contributed by atoms with Crippen LogP contribution in [0.15, 0.2) is 54.6 Å². The molecule has 1 aromatic heterocycles. The topological polar surface area (TPSA) is 34.9 Å². The summed E-state index contributed by atoms with van der Waals surface area (Å²) >= 11 is 0. The molecule has 0 N–H and O–H groups in total. The number of para-hydroxylation sites is 2. The SMILES string of the molecule is CCCc1nc2ccccc2n1CC(=O)c1ccccc1. The Bertz CT molecular complexity index is 759.